The largest absolute Gasteiger partial charge is 0.363 e. The van der Waals surface area contributed by atoms with E-state index in [9.17, 15) is 4.79 Å². The second-order valence-corrected chi connectivity index (χ2v) is 9.82. The van der Waals surface area contributed by atoms with Gasteiger partial charge in [-0.3, -0.25) is 4.79 Å². The number of carbonyl (C=O) groups is 1. The Hall–Kier alpha value is -2.47. The summed E-state index contributed by atoms with van der Waals surface area (Å²) in [6.07, 6.45) is 6.33. The summed E-state index contributed by atoms with van der Waals surface area (Å²) < 4.78 is 0. The zero-order valence-electron chi connectivity index (χ0n) is 20.0. The molecule has 1 unspecified atom stereocenters. The normalized spacial score (nSPS) is 20.2. The molecule has 2 aliphatic rings. The molecule has 4 rings (SSSR count). The molecule has 6 nitrogen and oxygen atoms in total. The van der Waals surface area contributed by atoms with Crippen molar-refractivity contribution in [2.45, 2.75) is 63.3 Å². The average Bonchev–Trinajstić information content (AvgIpc) is 3.30. The smallest absolute Gasteiger partial charge is 0.233 e. The van der Waals surface area contributed by atoms with Crippen LogP contribution in [-0.4, -0.2) is 55.0 Å². The SMILES string of the molecule is Cc1ccc(C2(C(=O)N(C)Cc3nc(C4CCCNC4)cc(N(C)C)n3)CCCC2)cc1. The van der Waals surface area contributed by atoms with E-state index in [2.05, 4.69) is 42.6 Å². The van der Waals surface area contributed by atoms with Crippen LogP contribution in [0.4, 0.5) is 5.82 Å². The van der Waals surface area contributed by atoms with Gasteiger partial charge in [0.05, 0.1) is 17.7 Å². The quantitative estimate of drug-likeness (QED) is 0.748. The number of amides is 1. The standard InChI is InChI=1S/C26H37N5O/c1-19-9-11-21(12-10-19)26(13-5-6-14-26)25(32)31(4)18-23-28-22(16-24(29-23)30(2)3)20-8-7-15-27-17-20/h9-12,16,20,27H,5-8,13-15,17-18H2,1-4H3. The molecule has 1 saturated heterocycles. The zero-order valence-corrected chi connectivity index (χ0v) is 20.0. The van der Waals surface area contributed by atoms with E-state index in [0.717, 1.165) is 68.1 Å². The molecule has 1 aliphatic carbocycles. The molecule has 6 heteroatoms. The molecule has 172 valence electrons. The zero-order chi connectivity index (χ0) is 22.7. The van der Waals surface area contributed by atoms with Gasteiger partial charge in [0.1, 0.15) is 11.6 Å². The van der Waals surface area contributed by atoms with Gasteiger partial charge in [-0.2, -0.15) is 0 Å². The Morgan fingerprint density at radius 3 is 2.44 bits per heavy atom. The number of likely N-dealkylation sites (N-methyl/N-ethyl adjacent to an activating group) is 1. The molecule has 1 saturated carbocycles. The van der Waals surface area contributed by atoms with Crippen molar-refractivity contribution in [2.75, 3.05) is 39.1 Å². The van der Waals surface area contributed by atoms with Crippen LogP contribution in [0.25, 0.3) is 0 Å². The fourth-order valence-electron chi connectivity index (χ4n) is 5.24. The van der Waals surface area contributed by atoms with Crippen LogP contribution in [0, 0.1) is 6.92 Å². The summed E-state index contributed by atoms with van der Waals surface area (Å²) >= 11 is 0. The minimum atomic E-state index is -0.419. The Morgan fingerprint density at radius 1 is 1.09 bits per heavy atom. The molecule has 2 fully saturated rings. The number of carbonyl (C=O) groups excluding carboxylic acids is 1. The fourth-order valence-corrected chi connectivity index (χ4v) is 5.24. The number of benzene rings is 1. The highest BCUT2D eigenvalue weighted by atomic mass is 16.2. The number of rotatable bonds is 6. The van der Waals surface area contributed by atoms with Gasteiger partial charge in [-0.05, 0) is 44.7 Å². The predicted octanol–water partition coefficient (Wildman–Crippen LogP) is 3.79. The van der Waals surface area contributed by atoms with Crippen molar-refractivity contribution in [1.82, 2.24) is 20.2 Å². The molecule has 1 aromatic carbocycles. The number of anilines is 1. The summed E-state index contributed by atoms with van der Waals surface area (Å²) in [5.74, 6) is 2.23. The van der Waals surface area contributed by atoms with E-state index in [1.807, 2.05) is 30.9 Å². The van der Waals surface area contributed by atoms with Crippen molar-refractivity contribution < 1.29 is 4.79 Å². The minimum absolute atomic E-state index is 0.193. The predicted molar refractivity (Wildman–Crippen MR) is 129 cm³/mol. The third-order valence-electron chi connectivity index (χ3n) is 7.15. The summed E-state index contributed by atoms with van der Waals surface area (Å²) in [4.78, 5) is 27.4. The van der Waals surface area contributed by atoms with Gasteiger partial charge >= 0.3 is 0 Å². The van der Waals surface area contributed by atoms with Crippen LogP contribution in [0.5, 0.6) is 0 Å². The van der Waals surface area contributed by atoms with Crippen molar-refractivity contribution >= 4 is 11.7 Å². The molecule has 1 aromatic heterocycles. The van der Waals surface area contributed by atoms with Crippen LogP contribution in [0.15, 0.2) is 30.3 Å². The van der Waals surface area contributed by atoms with Crippen molar-refractivity contribution in [1.29, 1.82) is 0 Å². The molecule has 2 aromatic rings. The second kappa shape index (κ2) is 9.57. The maximum Gasteiger partial charge on any atom is 0.233 e. The van der Waals surface area contributed by atoms with Crippen LogP contribution < -0.4 is 10.2 Å². The average molecular weight is 436 g/mol. The van der Waals surface area contributed by atoms with Gasteiger partial charge in [-0.25, -0.2) is 9.97 Å². The first-order valence-corrected chi connectivity index (χ1v) is 12.0. The van der Waals surface area contributed by atoms with Crippen LogP contribution in [0.2, 0.25) is 0 Å². The van der Waals surface area contributed by atoms with Gasteiger partial charge in [0, 0.05) is 39.7 Å². The van der Waals surface area contributed by atoms with Crippen molar-refractivity contribution in [3.63, 3.8) is 0 Å². The molecule has 1 aliphatic heterocycles. The number of aromatic nitrogens is 2. The first-order valence-electron chi connectivity index (χ1n) is 12.0. The monoisotopic (exact) mass is 435 g/mol. The Labute approximate surface area is 192 Å². The molecular formula is C26H37N5O. The highest BCUT2D eigenvalue weighted by Gasteiger charge is 2.44. The van der Waals surface area contributed by atoms with Crippen molar-refractivity contribution in [2.24, 2.45) is 0 Å². The fraction of sp³-hybridized carbons (Fsp3) is 0.577. The van der Waals surface area contributed by atoms with Gasteiger partial charge in [0.2, 0.25) is 5.91 Å². The maximum atomic E-state index is 13.8. The summed E-state index contributed by atoms with van der Waals surface area (Å²) in [6.45, 7) is 4.55. The number of nitrogens with one attached hydrogen (secondary N) is 1. The summed E-state index contributed by atoms with van der Waals surface area (Å²) in [7, 11) is 5.92. The van der Waals surface area contributed by atoms with Gasteiger partial charge in [-0.15, -0.1) is 0 Å². The number of hydrogen-bond acceptors (Lipinski definition) is 5. The van der Waals surface area contributed by atoms with Crippen LogP contribution in [0.3, 0.4) is 0 Å². The molecule has 0 bridgehead atoms. The number of nitrogens with zero attached hydrogens (tertiary/aromatic N) is 4. The molecule has 1 atom stereocenters. The molecule has 32 heavy (non-hydrogen) atoms. The van der Waals surface area contributed by atoms with E-state index in [-0.39, 0.29) is 5.91 Å². The molecule has 1 amide bonds. The minimum Gasteiger partial charge on any atom is -0.363 e. The Kier molecular flexibility index (Phi) is 6.79. The van der Waals surface area contributed by atoms with Crippen LogP contribution in [0.1, 0.15) is 67.1 Å². The topological polar surface area (TPSA) is 61.4 Å². The lowest BCUT2D eigenvalue weighted by Gasteiger charge is -2.33. The first-order chi connectivity index (χ1) is 15.4. The third-order valence-corrected chi connectivity index (χ3v) is 7.15. The van der Waals surface area contributed by atoms with Gasteiger partial charge in [0.15, 0.2) is 0 Å². The van der Waals surface area contributed by atoms with Crippen molar-refractivity contribution in [3.8, 4) is 0 Å². The van der Waals surface area contributed by atoms with Gasteiger partial charge < -0.3 is 15.1 Å². The Morgan fingerprint density at radius 2 is 1.81 bits per heavy atom. The lowest BCUT2D eigenvalue weighted by atomic mass is 9.77. The van der Waals surface area contributed by atoms with E-state index in [4.69, 9.17) is 9.97 Å². The van der Waals surface area contributed by atoms with E-state index >= 15 is 0 Å². The third kappa shape index (κ3) is 4.65. The summed E-state index contributed by atoms with van der Waals surface area (Å²) in [5.41, 5.74) is 3.04. The first kappa shape index (κ1) is 22.7. The van der Waals surface area contributed by atoms with E-state index < -0.39 is 5.41 Å². The van der Waals surface area contributed by atoms with Gasteiger partial charge in [0.25, 0.3) is 0 Å². The van der Waals surface area contributed by atoms with Crippen LogP contribution >= 0.6 is 0 Å². The van der Waals surface area contributed by atoms with Gasteiger partial charge in [-0.1, -0.05) is 42.7 Å². The summed E-state index contributed by atoms with van der Waals surface area (Å²) in [6, 6.07) is 10.6. The number of hydrogen-bond donors (Lipinski definition) is 1. The number of aryl methyl sites for hydroxylation is 1. The maximum absolute atomic E-state index is 13.8. The lowest BCUT2D eigenvalue weighted by molar-refractivity contribution is -0.136. The van der Waals surface area contributed by atoms with E-state index in [0.29, 0.717) is 12.5 Å². The molecule has 0 radical (unpaired) electrons. The lowest BCUT2D eigenvalue weighted by Crippen LogP contribution is -2.43. The molecular weight excluding hydrogens is 398 g/mol. The molecule has 1 N–H and O–H groups in total. The summed E-state index contributed by atoms with van der Waals surface area (Å²) in [5, 5.41) is 3.49. The van der Waals surface area contributed by atoms with E-state index in [1.165, 1.54) is 12.0 Å². The Balaban J connectivity index is 1.59. The highest BCUT2D eigenvalue weighted by molar-refractivity contribution is 5.88. The van der Waals surface area contributed by atoms with Crippen molar-refractivity contribution in [3.05, 3.63) is 53.0 Å². The molecule has 0 spiro atoms. The Bertz CT molecular complexity index is 928. The number of piperidine rings is 1. The molecule has 2 heterocycles. The van der Waals surface area contributed by atoms with Crippen LogP contribution in [-0.2, 0) is 16.8 Å². The second-order valence-electron chi connectivity index (χ2n) is 9.82. The highest BCUT2D eigenvalue weighted by Crippen LogP contribution is 2.42. The van der Waals surface area contributed by atoms with E-state index in [1.54, 1.807) is 0 Å².